The average molecular weight is 247 g/mol. The molecule has 1 aromatic rings. The van der Waals surface area contributed by atoms with Crippen LogP contribution in [-0.4, -0.2) is 36.1 Å². The van der Waals surface area contributed by atoms with Crippen LogP contribution in [0.3, 0.4) is 0 Å². The van der Waals surface area contributed by atoms with Crippen LogP contribution in [0, 0.1) is 12.8 Å². The summed E-state index contributed by atoms with van der Waals surface area (Å²) in [5, 5.41) is 3.56. The Hall–Kier alpha value is -0.930. The van der Waals surface area contributed by atoms with Gasteiger partial charge in [0.05, 0.1) is 11.7 Å². The summed E-state index contributed by atoms with van der Waals surface area (Å²) in [4.78, 5) is 7.05. The first-order valence-corrected chi connectivity index (χ1v) is 6.94. The third-order valence-corrected chi connectivity index (χ3v) is 3.80. The highest BCUT2D eigenvalue weighted by Gasteiger charge is 2.33. The lowest BCUT2D eigenvalue weighted by atomic mass is 9.96. The van der Waals surface area contributed by atoms with Gasteiger partial charge in [-0.1, -0.05) is 19.9 Å². The van der Waals surface area contributed by atoms with Gasteiger partial charge in [0.1, 0.15) is 0 Å². The summed E-state index contributed by atoms with van der Waals surface area (Å²) in [5.74, 6) is 0.674. The van der Waals surface area contributed by atoms with Gasteiger partial charge in [0.25, 0.3) is 0 Å². The molecule has 0 bridgehead atoms. The van der Waals surface area contributed by atoms with Gasteiger partial charge in [0.2, 0.25) is 0 Å². The minimum Gasteiger partial charge on any atom is -0.314 e. The van der Waals surface area contributed by atoms with Crippen LogP contribution in [-0.2, 0) is 0 Å². The van der Waals surface area contributed by atoms with Gasteiger partial charge < -0.3 is 5.32 Å². The summed E-state index contributed by atoms with van der Waals surface area (Å²) in [6, 6.07) is 5.38. The van der Waals surface area contributed by atoms with E-state index in [1.54, 1.807) is 0 Å². The van der Waals surface area contributed by atoms with Crippen molar-refractivity contribution in [1.82, 2.24) is 15.2 Å². The van der Waals surface area contributed by atoms with Crippen molar-refractivity contribution in [3.05, 3.63) is 29.6 Å². The number of aromatic nitrogens is 1. The molecule has 2 unspecified atom stereocenters. The molecular formula is C15H25N3. The van der Waals surface area contributed by atoms with E-state index >= 15 is 0 Å². The Labute approximate surface area is 111 Å². The van der Waals surface area contributed by atoms with Gasteiger partial charge in [-0.15, -0.1) is 0 Å². The summed E-state index contributed by atoms with van der Waals surface area (Å²) >= 11 is 0. The summed E-state index contributed by atoms with van der Waals surface area (Å²) < 4.78 is 0. The molecule has 0 amide bonds. The maximum absolute atomic E-state index is 4.62. The zero-order valence-corrected chi connectivity index (χ0v) is 12.0. The van der Waals surface area contributed by atoms with Crippen molar-refractivity contribution < 1.29 is 0 Å². The van der Waals surface area contributed by atoms with Gasteiger partial charge in [-0.25, -0.2) is 0 Å². The fourth-order valence-corrected chi connectivity index (χ4v) is 2.75. The Balaban J connectivity index is 2.09. The van der Waals surface area contributed by atoms with Crippen LogP contribution in [0.4, 0.5) is 0 Å². The Morgan fingerprint density at radius 2 is 2.22 bits per heavy atom. The number of aryl methyl sites for hydroxylation is 1. The van der Waals surface area contributed by atoms with E-state index in [4.69, 9.17) is 0 Å². The molecule has 1 aliphatic rings. The number of nitrogens with one attached hydrogen (secondary N) is 1. The van der Waals surface area contributed by atoms with Crippen molar-refractivity contribution in [3.63, 3.8) is 0 Å². The molecule has 0 saturated carbocycles. The second-order valence-electron chi connectivity index (χ2n) is 5.80. The lowest BCUT2D eigenvalue weighted by Gasteiger charge is -2.25. The zero-order valence-electron chi connectivity index (χ0n) is 12.0. The maximum atomic E-state index is 4.62. The van der Waals surface area contributed by atoms with Crippen molar-refractivity contribution in [2.75, 3.05) is 20.1 Å². The summed E-state index contributed by atoms with van der Waals surface area (Å²) in [6.45, 7) is 8.76. The largest absolute Gasteiger partial charge is 0.314 e. The van der Waals surface area contributed by atoms with Gasteiger partial charge >= 0.3 is 0 Å². The predicted molar refractivity (Wildman–Crippen MR) is 75.6 cm³/mol. The first kappa shape index (κ1) is 13.5. The number of hydrogen-bond acceptors (Lipinski definition) is 3. The maximum Gasteiger partial charge on any atom is 0.0578 e. The van der Waals surface area contributed by atoms with E-state index < -0.39 is 0 Å². The summed E-state index contributed by atoms with van der Waals surface area (Å²) in [6.07, 6.45) is 3.24. The number of rotatable bonds is 4. The van der Waals surface area contributed by atoms with Crippen molar-refractivity contribution in [3.8, 4) is 0 Å². The number of nitrogens with zero attached hydrogens (tertiary/aromatic N) is 2. The quantitative estimate of drug-likeness (QED) is 0.885. The van der Waals surface area contributed by atoms with Crippen molar-refractivity contribution in [1.29, 1.82) is 0 Å². The molecule has 3 nitrogen and oxygen atoms in total. The van der Waals surface area contributed by atoms with E-state index in [0.717, 1.165) is 6.54 Å². The highest BCUT2D eigenvalue weighted by Crippen LogP contribution is 2.34. The standard InChI is InChI=1S/C15H25N3/c1-11(2)16-10-13-7-8-18(4)15(13)14-6-5-12(3)9-17-14/h5-6,9,11,13,15-16H,7-8,10H2,1-4H3. The summed E-state index contributed by atoms with van der Waals surface area (Å²) in [7, 11) is 2.21. The molecule has 3 heteroatoms. The van der Waals surface area contributed by atoms with Gasteiger partial charge in [0, 0.05) is 18.8 Å². The van der Waals surface area contributed by atoms with Crippen LogP contribution >= 0.6 is 0 Å². The van der Waals surface area contributed by atoms with E-state index in [-0.39, 0.29) is 0 Å². The predicted octanol–water partition coefficient (Wildman–Crippen LogP) is 2.38. The van der Waals surface area contributed by atoms with Gasteiger partial charge in [-0.05, 0) is 44.5 Å². The lowest BCUT2D eigenvalue weighted by molar-refractivity contribution is 0.264. The van der Waals surface area contributed by atoms with Gasteiger partial charge in [-0.2, -0.15) is 0 Å². The lowest BCUT2D eigenvalue weighted by Crippen LogP contribution is -2.32. The molecule has 2 atom stereocenters. The van der Waals surface area contributed by atoms with Crippen molar-refractivity contribution in [2.24, 2.45) is 5.92 Å². The zero-order chi connectivity index (χ0) is 13.1. The number of likely N-dealkylation sites (tertiary alicyclic amines) is 1. The smallest absolute Gasteiger partial charge is 0.0578 e. The minimum atomic E-state index is 0.469. The third kappa shape index (κ3) is 3.09. The first-order chi connectivity index (χ1) is 8.58. The molecule has 1 aromatic heterocycles. The highest BCUT2D eigenvalue weighted by molar-refractivity contribution is 5.17. The monoisotopic (exact) mass is 247 g/mol. The molecule has 1 aliphatic heterocycles. The van der Waals surface area contributed by atoms with Crippen LogP contribution in [0.5, 0.6) is 0 Å². The molecule has 2 rings (SSSR count). The van der Waals surface area contributed by atoms with Crippen molar-refractivity contribution >= 4 is 0 Å². The fraction of sp³-hybridized carbons (Fsp3) is 0.667. The van der Waals surface area contributed by atoms with Crippen molar-refractivity contribution in [2.45, 2.75) is 39.3 Å². The fourth-order valence-electron chi connectivity index (χ4n) is 2.75. The van der Waals surface area contributed by atoms with E-state index in [1.807, 2.05) is 6.20 Å². The Morgan fingerprint density at radius 3 is 2.83 bits per heavy atom. The van der Waals surface area contributed by atoms with E-state index in [1.165, 1.54) is 24.2 Å². The Kier molecular flexibility index (Phi) is 4.36. The molecule has 18 heavy (non-hydrogen) atoms. The van der Waals surface area contributed by atoms with Gasteiger partial charge in [-0.3, -0.25) is 9.88 Å². The third-order valence-electron chi connectivity index (χ3n) is 3.80. The molecule has 0 aliphatic carbocycles. The normalized spacial score (nSPS) is 24.9. The van der Waals surface area contributed by atoms with Crippen LogP contribution in [0.25, 0.3) is 0 Å². The molecule has 100 valence electrons. The average Bonchev–Trinajstić information content (AvgIpc) is 2.69. The molecule has 1 fully saturated rings. The van der Waals surface area contributed by atoms with Crippen LogP contribution in [0.2, 0.25) is 0 Å². The number of pyridine rings is 1. The van der Waals surface area contributed by atoms with E-state index in [0.29, 0.717) is 18.0 Å². The second kappa shape index (κ2) is 5.81. The highest BCUT2D eigenvalue weighted by atomic mass is 15.2. The van der Waals surface area contributed by atoms with Crippen LogP contribution < -0.4 is 5.32 Å². The van der Waals surface area contributed by atoms with Crippen LogP contribution in [0.15, 0.2) is 18.3 Å². The summed E-state index contributed by atoms with van der Waals surface area (Å²) in [5.41, 5.74) is 2.45. The van der Waals surface area contributed by atoms with E-state index in [2.05, 4.69) is 55.2 Å². The SMILES string of the molecule is Cc1ccc(C2C(CNC(C)C)CCN2C)nc1. The topological polar surface area (TPSA) is 28.2 Å². The molecule has 0 aromatic carbocycles. The Morgan fingerprint density at radius 1 is 1.44 bits per heavy atom. The Bertz CT molecular complexity index is 372. The number of hydrogen-bond donors (Lipinski definition) is 1. The van der Waals surface area contributed by atoms with Gasteiger partial charge in [0.15, 0.2) is 0 Å². The second-order valence-corrected chi connectivity index (χ2v) is 5.80. The molecule has 2 heterocycles. The van der Waals surface area contributed by atoms with Crippen LogP contribution in [0.1, 0.15) is 37.6 Å². The molecule has 1 N–H and O–H groups in total. The molecular weight excluding hydrogens is 222 g/mol. The van der Waals surface area contributed by atoms with E-state index in [9.17, 15) is 0 Å². The first-order valence-electron chi connectivity index (χ1n) is 6.94. The molecule has 1 saturated heterocycles. The molecule has 0 spiro atoms. The molecule has 0 radical (unpaired) electrons. The minimum absolute atomic E-state index is 0.469.